The van der Waals surface area contributed by atoms with Gasteiger partial charge in [-0.3, -0.25) is 0 Å². The van der Waals surface area contributed by atoms with Gasteiger partial charge in [0.15, 0.2) is 0 Å². The monoisotopic (exact) mass is 549 g/mol. The second kappa shape index (κ2) is 24.3. The minimum atomic E-state index is 1.28. The van der Waals surface area contributed by atoms with E-state index in [-0.39, 0.29) is 0 Å². The molecule has 0 heteroatoms. The largest absolute Gasteiger partial charge is 0.0654 e. The third-order valence-electron chi connectivity index (χ3n) is 9.23. The topological polar surface area (TPSA) is 0 Å². The summed E-state index contributed by atoms with van der Waals surface area (Å²) in [6.45, 7) is 6.95. The van der Waals surface area contributed by atoms with Gasteiger partial charge < -0.3 is 0 Å². The molecule has 0 fully saturated rings. The smallest absolute Gasteiger partial charge is 0.0149 e. The molecule has 2 aromatic carbocycles. The van der Waals surface area contributed by atoms with Crippen LogP contribution >= 0.6 is 0 Å². The van der Waals surface area contributed by atoms with Gasteiger partial charge in [0.25, 0.3) is 0 Å². The highest BCUT2D eigenvalue weighted by Crippen LogP contribution is 2.31. The van der Waals surface area contributed by atoms with Gasteiger partial charge in [0, 0.05) is 0 Å². The first kappa shape index (κ1) is 34.9. The molecular weight excluding hydrogens is 480 g/mol. The van der Waals surface area contributed by atoms with Crippen molar-refractivity contribution in [1.29, 1.82) is 0 Å². The molecule has 0 aliphatic carbocycles. The van der Waals surface area contributed by atoms with Gasteiger partial charge in [-0.2, -0.15) is 0 Å². The zero-order chi connectivity index (χ0) is 28.5. The van der Waals surface area contributed by atoms with E-state index in [9.17, 15) is 0 Å². The molecule has 0 nitrogen and oxygen atoms in total. The maximum Gasteiger partial charge on any atom is -0.0149 e. The average Bonchev–Trinajstić information content (AvgIpc) is 2.97. The van der Waals surface area contributed by atoms with Crippen molar-refractivity contribution >= 4 is 10.8 Å². The highest BCUT2D eigenvalue weighted by Gasteiger charge is 2.13. The van der Waals surface area contributed by atoms with Crippen molar-refractivity contribution in [3.05, 3.63) is 47.0 Å². The van der Waals surface area contributed by atoms with Crippen LogP contribution in [0.15, 0.2) is 30.3 Å². The van der Waals surface area contributed by atoms with E-state index in [0.717, 1.165) is 0 Å². The zero-order valence-electron chi connectivity index (χ0n) is 27.5. The first-order valence-corrected chi connectivity index (χ1v) is 18.3. The third kappa shape index (κ3) is 15.1. The fourth-order valence-electron chi connectivity index (χ4n) is 6.67. The normalized spacial score (nSPS) is 11.6. The highest BCUT2D eigenvalue weighted by molar-refractivity contribution is 5.88. The summed E-state index contributed by atoms with van der Waals surface area (Å²) in [6.07, 6.45) is 37.7. The molecule has 0 atom stereocenters. The van der Waals surface area contributed by atoms with Crippen LogP contribution in [0.3, 0.4) is 0 Å². The molecule has 40 heavy (non-hydrogen) atoms. The number of hydrogen-bond donors (Lipinski definition) is 0. The molecule has 2 rings (SSSR count). The van der Waals surface area contributed by atoms with Crippen LogP contribution in [0.25, 0.3) is 10.8 Å². The van der Waals surface area contributed by atoms with Crippen molar-refractivity contribution in [3.8, 4) is 0 Å². The van der Waals surface area contributed by atoms with Gasteiger partial charge in [0.1, 0.15) is 0 Å². The van der Waals surface area contributed by atoms with E-state index in [1.54, 1.807) is 22.1 Å². The first-order chi connectivity index (χ1) is 19.8. The fraction of sp³-hybridized carbons (Fsp3) is 0.750. The SMILES string of the molecule is CCCCCCCCCCc1cc2ccccc2c(CCCCCCCCCC)c1CCCCCCCCCC. The molecule has 0 amide bonds. The third-order valence-corrected chi connectivity index (χ3v) is 9.23. The summed E-state index contributed by atoms with van der Waals surface area (Å²) in [5.74, 6) is 0. The number of aryl methyl sites for hydroxylation is 2. The average molecular weight is 549 g/mol. The standard InChI is InChI=1S/C40H68/c1-4-7-10-13-16-19-22-25-30-36-35-37-31-28-29-33-39(37)40(34-27-24-21-18-15-12-9-6-3)38(36)32-26-23-20-17-14-11-8-5-2/h28-29,31,33,35H,4-27,30,32,34H2,1-3H3. The van der Waals surface area contributed by atoms with E-state index in [1.807, 2.05) is 0 Å². The van der Waals surface area contributed by atoms with Gasteiger partial charge in [-0.1, -0.05) is 186 Å². The van der Waals surface area contributed by atoms with Gasteiger partial charge in [0.2, 0.25) is 0 Å². The number of unbranched alkanes of at least 4 members (excludes halogenated alkanes) is 21. The number of rotatable bonds is 27. The lowest BCUT2D eigenvalue weighted by atomic mass is 9.86. The first-order valence-electron chi connectivity index (χ1n) is 18.3. The van der Waals surface area contributed by atoms with Gasteiger partial charge in [-0.25, -0.2) is 0 Å². The summed E-state index contributed by atoms with van der Waals surface area (Å²) in [5, 5.41) is 3.05. The zero-order valence-corrected chi connectivity index (χ0v) is 27.5. The van der Waals surface area contributed by atoms with Crippen molar-refractivity contribution < 1.29 is 0 Å². The van der Waals surface area contributed by atoms with E-state index in [4.69, 9.17) is 0 Å². The van der Waals surface area contributed by atoms with E-state index >= 15 is 0 Å². The molecule has 2 aromatic rings. The van der Waals surface area contributed by atoms with Gasteiger partial charge in [0.05, 0.1) is 0 Å². The molecule has 0 bridgehead atoms. The second-order valence-corrected chi connectivity index (χ2v) is 12.9. The maximum atomic E-state index is 2.59. The van der Waals surface area contributed by atoms with Crippen molar-refractivity contribution in [2.45, 2.75) is 194 Å². The minimum absolute atomic E-state index is 1.28. The molecule has 0 saturated heterocycles. The van der Waals surface area contributed by atoms with Crippen molar-refractivity contribution in [2.24, 2.45) is 0 Å². The summed E-state index contributed by atoms with van der Waals surface area (Å²) in [5.41, 5.74) is 5.18. The van der Waals surface area contributed by atoms with Crippen LogP contribution in [-0.4, -0.2) is 0 Å². The van der Waals surface area contributed by atoms with Crippen molar-refractivity contribution in [1.82, 2.24) is 0 Å². The molecule has 0 unspecified atom stereocenters. The minimum Gasteiger partial charge on any atom is -0.0654 e. The molecule has 0 spiro atoms. The van der Waals surface area contributed by atoms with Gasteiger partial charge in [-0.05, 0) is 66.0 Å². The molecule has 0 aromatic heterocycles. The quantitative estimate of drug-likeness (QED) is 0.0974. The summed E-state index contributed by atoms with van der Waals surface area (Å²) in [6, 6.07) is 11.9. The van der Waals surface area contributed by atoms with Crippen molar-refractivity contribution in [2.75, 3.05) is 0 Å². The Bertz CT molecular complexity index is 846. The van der Waals surface area contributed by atoms with E-state index in [2.05, 4.69) is 51.1 Å². The number of benzene rings is 2. The molecule has 0 N–H and O–H groups in total. The van der Waals surface area contributed by atoms with E-state index < -0.39 is 0 Å². The Kier molecular flexibility index (Phi) is 21.2. The lowest BCUT2D eigenvalue weighted by molar-refractivity contribution is 0.567. The molecule has 228 valence electrons. The van der Waals surface area contributed by atoms with Crippen LogP contribution in [-0.2, 0) is 19.3 Å². The van der Waals surface area contributed by atoms with E-state index in [0.29, 0.717) is 0 Å². The van der Waals surface area contributed by atoms with Crippen LogP contribution in [0.2, 0.25) is 0 Å². The van der Waals surface area contributed by atoms with Gasteiger partial charge >= 0.3 is 0 Å². The summed E-state index contributed by atoms with van der Waals surface area (Å²) < 4.78 is 0. The predicted octanol–water partition coefficient (Wildman–Crippen LogP) is 13.9. The molecular formula is C40H68. The summed E-state index contributed by atoms with van der Waals surface area (Å²) >= 11 is 0. The Labute approximate surface area is 251 Å². The Hall–Kier alpha value is -1.30. The summed E-state index contributed by atoms with van der Waals surface area (Å²) in [7, 11) is 0. The predicted molar refractivity (Wildman–Crippen MR) is 183 cm³/mol. The van der Waals surface area contributed by atoms with Crippen molar-refractivity contribution in [3.63, 3.8) is 0 Å². The van der Waals surface area contributed by atoms with Crippen LogP contribution in [0.4, 0.5) is 0 Å². The van der Waals surface area contributed by atoms with Gasteiger partial charge in [-0.15, -0.1) is 0 Å². The molecule has 0 radical (unpaired) electrons. The van der Waals surface area contributed by atoms with E-state index in [1.165, 1.54) is 179 Å². The van der Waals surface area contributed by atoms with Crippen LogP contribution in [0.5, 0.6) is 0 Å². The fourth-order valence-corrected chi connectivity index (χ4v) is 6.67. The maximum absolute atomic E-state index is 2.59. The highest BCUT2D eigenvalue weighted by atomic mass is 14.2. The number of fused-ring (bicyclic) bond motifs is 1. The molecule has 0 aliphatic rings. The molecule has 0 saturated carbocycles. The lowest BCUT2D eigenvalue weighted by Gasteiger charge is -2.19. The molecule has 0 heterocycles. The van der Waals surface area contributed by atoms with Crippen LogP contribution < -0.4 is 0 Å². The number of hydrogen-bond acceptors (Lipinski definition) is 0. The van der Waals surface area contributed by atoms with Crippen LogP contribution in [0.1, 0.15) is 192 Å². The Morgan fingerprint density at radius 3 is 1.23 bits per heavy atom. The Morgan fingerprint density at radius 1 is 0.375 bits per heavy atom. The van der Waals surface area contributed by atoms with Crippen LogP contribution in [0, 0.1) is 0 Å². The Morgan fingerprint density at radius 2 is 0.750 bits per heavy atom. The second-order valence-electron chi connectivity index (χ2n) is 12.9. The summed E-state index contributed by atoms with van der Waals surface area (Å²) in [4.78, 5) is 0. The molecule has 0 aliphatic heterocycles. The lowest BCUT2D eigenvalue weighted by Crippen LogP contribution is -2.04. The Balaban J connectivity index is 2.01.